The number of hydrogen-bond acceptors (Lipinski definition) is 5. The van der Waals surface area contributed by atoms with Crippen molar-refractivity contribution in [3.63, 3.8) is 0 Å². The van der Waals surface area contributed by atoms with Crippen LogP contribution in [0.2, 0.25) is 5.02 Å². The maximum Gasteiger partial charge on any atom is 0.238 e. The quantitative estimate of drug-likeness (QED) is 0.364. The maximum absolute atomic E-state index is 12.0. The normalized spacial score (nSPS) is 10.6. The first-order valence-electron chi connectivity index (χ1n) is 10.4. The topological polar surface area (TPSA) is 93.5 Å². The number of amides is 2. The summed E-state index contributed by atoms with van der Waals surface area (Å²) in [5.74, 6) is 1.26. The Morgan fingerprint density at radius 2 is 1.75 bits per heavy atom. The van der Waals surface area contributed by atoms with Crippen molar-refractivity contribution in [1.82, 2.24) is 15.8 Å². The molecule has 32 heavy (non-hydrogen) atoms. The SMILES string of the molecule is Cc1ccc(-c2cnc(CCC(=O)NNC(=O)CCCOc3ccc(Cl)cc3C)o2)cc1. The predicted octanol–water partition coefficient (Wildman–Crippen LogP) is 4.55. The molecule has 2 amide bonds. The number of hydrogen-bond donors (Lipinski definition) is 2. The van der Waals surface area contributed by atoms with Gasteiger partial charge >= 0.3 is 0 Å². The van der Waals surface area contributed by atoms with Crippen molar-refractivity contribution in [1.29, 1.82) is 0 Å². The van der Waals surface area contributed by atoms with Crippen LogP contribution in [0, 0.1) is 13.8 Å². The van der Waals surface area contributed by atoms with Gasteiger partial charge in [-0.15, -0.1) is 0 Å². The summed E-state index contributed by atoms with van der Waals surface area (Å²) in [5.41, 5.74) is 7.85. The van der Waals surface area contributed by atoms with Gasteiger partial charge in [0.2, 0.25) is 11.8 Å². The van der Waals surface area contributed by atoms with E-state index in [9.17, 15) is 9.59 Å². The van der Waals surface area contributed by atoms with E-state index in [-0.39, 0.29) is 24.7 Å². The first kappa shape index (κ1) is 23.3. The molecule has 0 aliphatic heterocycles. The monoisotopic (exact) mass is 455 g/mol. The highest BCUT2D eigenvalue weighted by Gasteiger charge is 2.10. The molecule has 2 aromatic carbocycles. The van der Waals surface area contributed by atoms with Crippen LogP contribution in [0.4, 0.5) is 0 Å². The van der Waals surface area contributed by atoms with Gasteiger partial charge in [-0.2, -0.15) is 0 Å². The molecular weight excluding hydrogens is 430 g/mol. The van der Waals surface area contributed by atoms with Crippen molar-refractivity contribution in [2.75, 3.05) is 6.61 Å². The third-order valence-corrected chi connectivity index (χ3v) is 4.97. The summed E-state index contributed by atoms with van der Waals surface area (Å²) in [6.07, 6.45) is 2.87. The second kappa shape index (κ2) is 11.3. The summed E-state index contributed by atoms with van der Waals surface area (Å²) in [6.45, 7) is 4.31. The molecule has 0 saturated carbocycles. The summed E-state index contributed by atoms with van der Waals surface area (Å²) in [7, 11) is 0. The number of aryl methyl sites for hydroxylation is 3. The summed E-state index contributed by atoms with van der Waals surface area (Å²) in [6, 6.07) is 13.3. The molecule has 8 heteroatoms. The number of hydrazine groups is 1. The van der Waals surface area contributed by atoms with Crippen LogP contribution in [0.25, 0.3) is 11.3 Å². The Kier molecular flexibility index (Phi) is 8.27. The minimum Gasteiger partial charge on any atom is -0.493 e. The maximum atomic E-state index is 12.0. The zero-order valence-electron chi connectivity index (χ0n) is 18.1. The summed E-state index contributed by atoms with van der Waals surface area (Å²) >= 11 is 5.92. The van der Waals surface area contributed by atoms with Crippen LogP contribution < -0.4 is 15.6 Å². The Labute approximate surface area is 192 Å². The highest BCUT2D eigenvalue weighted by atomic mass is 35.5. The van der Waals surface area contributed by atoms with Crippen LogP contribution in [-0.2, 0) is 16.0 Å². The first-order valence-corrected chi connectivity index (χ1v) is 10.8. The largest absolute Gasteiger partial charge is 0.493 e. The number of carbonyl (C=O) groups excluding carboxylic acids is 2. The van der Waals surface area contributed by atoms with E-state index in [2.05, 4.69) is 15.8 Å². The Morgan fingerprint density at radius 1 is 1.03 bits per heavy atom. The molecule has 0 atom stereocenters. The van der Waals surface area contributed by atoms with Crippen LogP contribution >= 0.6 is 11.6 Å². The fourth-order valence-electron chi connectivity index (χ4n) is 2.95. The van der Waals surface area contributed by atoms with Crippen molar-refractivity contribution in [2.24, 2.45) is 0 Å². The second-order valence-electron chi connectivity index (χ2n) is 7.44. The zero-order chi connectivity index (χ0) is 22.9. The van der Waals surface area contributed by atoms with Crippen LogP contribution in [0.3, 0.4) is 0 Å². The van der Waals surface area contributed by atoms with E-state index in [1.165, 1.54) is 0 Å². The van der Waals surface area contributed by atoms with Crippen LogP contribution in [0.1, 0.15) is 36.3 Å². The van der Waals surface area contributed by atoms with Crippen molar-refractivity contribution in [3.05, 3.63) is 70.7 Å². The summed E-state index contributed by atoms with van der Waals surface area (Å²) in [5, 5.41) is 0.652. The molecule has 0 spiro atoms. The van der Waals surface area contributed by atoms with Crippen LogP contribution in [0.5, 0.6) is 5.75 Å². The molecule has 168 valence electrons. The van der Waals surface area contributed by atoms with Gasteiger partial charge < -0.3 is 9.15 Å². The predicted molar refractivity (Wildman–Crippen MR) is 122 cm³/mol. The van der Waals surface area contributed by atoms with E-state index < -0.39 is 0 Å². The average molecular weight is 456 g/mol. The van der Waals surface area contributed by atoms with Gasteiger partial charge in [0, 0.05) is 29.8 Å². The molecule has 0 saturated heterocycles. The lowest BCUT2D eigenvalue weighted by molar-refractivity contribution is -0.129. The molecule has 3 rings (SSSR count). The van der Waals surface area contributed by atoms with Gasteiger partial charge in [-0.1, -0.05) is 41.4 Å². The molecule has 3 aromatic rings. The third kappa shape index (κ3) is 7.13. The number of rotatable bonds is 9. The molecule has 1 aromatic heterocycles. The Balaban J connectivity index is 1.31. The fourth-order valence-corrected chi connectivity index (χ4v) is 3.18. The van der Waals surface area contributed by atoms with Crippen LogP contribution in [0.15, 0.2) is 53.1 Å². The lowest BCUT2D eigenvalue weighted by atomic mass is 10.1. The van der Waals surface area contributed by atoms with E-state index in [1.807, 2.05) is 44.2 Å². The molecule has 7 nitrogen and oxygen atoms in total. The van der Waals surface area contributed by atoms with Crippen molar-refractivity contribution in [3.8, 4) is 17.1 Å². The number of oxazole rings is 1. The molecular formula is C24H26ClN3O4. The molecule has 2 N–H and O–H groups in total. The van der Waals surface area contributed by atoms with Gasteiger partial charge in [0.25, 0.3) is 0 Å². The minimum atomic E-state index is -0.318. The van der Waals surface area contributed by atoms with E-state index in [1.54, 1.807) is 18.3 Å². The van der Waals surface area contributed by atoms with E-state index in [0.717, 1.165) is 22.4 Å². The van der Waals surface area contributed by atoms with E-state index in [4.69, 9.17) is 20.8 Å². The Bertz CT molecular complexity index is 1060. The van der Waals surface area contributed by atoms with Gasteiger partial charge in [-0.3, -0.25) is 20.4 Å². The molecule has 0 bridgehead atoms. The molecule has 0 unspecified atom stereocenters. The molecule has 0 aliphatic rings. The lowest BCUT2D eigenvalue weighted by Gasteiger charge is -2.10. The third-order valence-electron chi connectivity index (χ3n) is 4.74. The van der Waals surface area contributed by atoms with Crippen molar-refractivity contribution in [2.45, 2.75) is 39.5 Å². The number of carbonyl (C=O) groups is 2. The summed E-state index contributed by atoms with van der Waals surface area (Å²) < 4.78 is 11.4. The number of halogens is 1. The smallest absolute Gasteiger partial charge is 0.238 e. The van der Waals surface area contributed by atoms with Gasteiger partial charge in [-0.25, -0.2) is 4.98 Å². The van der Waals surface area contributed by atoms with Crippen molar-refractivity contribution < 1.29 is 18.7 Å². The van der Waals surface area contributed by atoms with Gasteiger partial charge in [0.15, 0.2) is 11.7 Å². The lowest BCUT2D eigenvalue weighted by Crippen LogP contribution is -2.41. The molecule has 0 radical (unpaired) electrons. The van der Waals surface area contributed by atoms with Crippen LogP contribution in [-0.4, -0.2) is 23.4 Å². The standard InChI is InChI=1S/C24H26ClN3O4/c1-16-5-7-18(8-6-16)21-15-26-24(32-21)12-11-23(30)28-27-22(29)4-3-13-31-20-10-9-19(25)14-17(20)2/h5-10,14-15H,3-4,11-13H2,1-2H3,(H,27,29)(H,28,30). The summed E-state index contributed by atoms with van der Waals surface area (Å²) in [4.78, 5) is 28.1. The molecule has 0 fully saturated rings. The highest BCUT2D eigenvalue weighted by Crippen LogP contribution is 2.22. The second-order valence-corrected chi connectivity index (χ2v) is 7.88. The average Bonchev–Trinajstić information content (AvgIpc) is 3.24. The van der Waals surface area contributed by atoms with Gasteiger partial charge in [0.1, 0.15) is 5.75 Å². The van der Waals surface area contributed by atoms with Crippen molar-refractivity contribution >= 4 is 23.4 Å². The number of nitrogens with zero attached hydrogens (tertiary/aromatic N) is 1. The fraction of sp³-hybridized carbons (Fsp3) is 0.292. The molecule has 0 aliphatic carbocycles. The Morgan fingerprint density at radius 3 is 2.47 bits per heavy atom. The highest BCUT2D eigenvalue weighted by molar-refractivity contribution is 6.30. The number of aromatic nitrogens is 1. The van der Waals surface area contributed by atoms with Gasteiger partial charge in [0.05, 0.1) is 12.8 Å². The number of nitrogens with one attached hydrogen (secondary N) is 2. The van der Waals surface area contributed by atoms with Gasteiger partial charge in [-0.05, 0) is 44.0 Å². The minimum absolute atomic E-state index is 0.146. The molecule has 1 heterocycles. The number of benzene rings is 2. The first-order chi connectivity index (χ1) is 15.4. The van der Waals surface area contributed by atoms with E-state index >= 15 is 0 Å². The Hall–Kier alpha value is -3.32. The zero-order valence-corrected chi connectivity index (χ0v) is 18.9. The van der Waals surface area contributed by atoms with E-state index in [0.29, 0.717) is 36.1 Å². The number of ether oxygens (including phenoxy) is 1.